The molecule has 2 heterocycles. The molecule has 0 atom stereocenters. The molecule has 2 aromatic carbocycles. The van der Waals surface area contributed by atoms with Crippen molar-refractivity contribution in [2.75, 3.05) is 13.1 Å². The van der Waals surface area contributed by atoms with E-state index in [0.29, 0.717) is 5.88 Å². The van der Waals surface area contributed by atoms with Gasteiger partial charge in [-0.25, -0.2) is 0 Å². The van der Waals surface area contributed by atoms with Crippen LogP contribution < -0.4 is 4.74 Å². The van der Waals surface area contributed by atoms with Crippen molar-refractivity contribution in [2.45, 2.75) is 26.3 Å². The van der Waals surface area contributed by atoms with Gasteiger partial charge in [0.2, 0.25) is 5.88 Å². The summed E-state index contributed by atoms with van der Waals surface area (Å²) in [5.74, 6) is 1.34. The summed E-state index contributed by atoms with van der Waals surface area (Å²) in [6, 6.07) is 20.2. The summed E-state index contributed by atoms with van der Waals surface area (Å²) in [6.45, 7) is 5.52. The molecular weight excluding hydrogens is 322 g/mol. The molecule has 132 valence electrons. The van der Waals surface area contributed by atoms with Gasteiger partial charge >= 0.3 is 0 Å². The van der Waals surface area contributed by atoms with Crippen LogP contribution in [0.2, 0.25) is 0 Å². The van der Waals surface area contributed by atoms with Gasteiger partial charge in [-0.2, -0.15) is 0 Å². The van der Waals surface area contributed by atoms with E-state index in [0.717, 1.165) is 29.1 Å². The summed E-state index contributed by atoms with van der Waals surface area (Å²) in [6.07, 6.45) is 2.63. The zero-order chi connectivity index (χ0) is 17.8. The minimum atomic E-state index is 0.514. The van der Waals surface area contributed by atoms with Crippen molar-refractivity contribution in [1.29, 1.82) is 0 Å². The van der Waals surface area contributed by atoms with Gasteiger partial charge in [-0.1, -0.05) is 42.5 Å². The standard InChI is InChI=1S/C22H23N3O/c1-17-15-18(16-25-13-5-6-14-25)9-11-21(17)26-22-12-10-20(23-24-22)19-7-3-2-4-8-19/h2-4,7-12,15H,5-6,13-14,16H2,1H3. The van der Waals surface area contributed by atoms with Gasteiger partial charge in [0.15, 0.2) is 0 Å². The Morgan fingerprint density at radius 1 is 0.923 bits per heavy atom. The van der Waals surface area contributed by atoms with Crippen molar-refractivity contribution in [3.05, 3.63) is 71.8 Å². The molecule has 0 spiro atoms. The number of aromatic nitrogens is 2. The van der Waals surface area contributed by atoms with Crippen LogP contribution in [0.3, 0.4) is 0 Å². The summed E-state index contributed by atoms with van der Waals surface area (Å²) in [4.78, 5) is 2.50. The predicted octanol–water partition coefficient (Wildman–Crippen LogP) is 4.84. The Balaban J connectivity index is 1.45. The number of hydrogen-bond donors (Lipinski definition) is 0. The van der Waals surface area contributed by atoms with E-state index in [1.54, 1.807) is 0 Å². The second kappa shape index (κ2) is 7.67. The Labute approximate surface area is 154 Å². The van der Waals surface area contributed by atoms with Gasteiger partial charge in [-0.05, 0) is 56.1 Å². The smallest absolute Gasteiger partial charge is 0.238 e. The lowest BCUT2D eigenvalue weighted by Gasteiger charge is -2.16. The molecule has 1 fully saturated rings. The minimum Gasteiger partial charge on any atom is -0.437 e. The number of aryl methyl sites for hydroxylation is 1. The van der Waals surface area contributed by atoms with Crippen molar-refractivity contribution < 1.29 is 4.74 Å². The third-order valence-corrected chi connectivity index (χ3v) is 4.77. The number of nitrogens with zero attached hydrogens (tertiary/aromatic N) is 3. The van der Waals surface area contributed by atoms with Crippen molar-refractivity contribution in [3.8, 4) is 22.9 Å². The molecule has 1 aliphatic heterocycles. The van der Waals surface area contributed by atoms with Gasteiger partial charge in [0.05, 0.1) is 5.69 Å². The second-order valence-electron chi connectivity index (χ2n) is 6.81. The average Bonchev–Trinajstić information content (AvgIpc) is 3.18. The summed E-state index contributed by atoms with van der Waals surface area (Å²) < 4.78 is 5.94. The average molecular weight is 345 g/mol. The second-order valence-corrected chi connectivity index (χ2v) is 6.81. The van der Waals surface area contributed by atoms with Crippen LogP contribution in [-0.4, -0.2) is 28.2 Å². The Morgan fingerprint density at radius 2 is 1.73 bits per heavy atom. The van der Waals surface area contributed by atoms with E-state index in [-0.39, 0.29) is 0 Å². The highest BCUT2D eigenvalue weighted by Crippen LogP contribution is 2.26. The normalized spacial score (nSPS) is 14.5. The molecular formula is C22H23N3O. The first-order valence-electron chi connectivity index (χ1n) is 9.17. The quantitative estimate of drug-likeness (QED) is 0.663. The highest BCUT2D eigenvalue weighted by molar-refractivity contribution is 5.58. The summed E-state index contributed by atoms with van der Waals surface area (Å²) >= 11 is 0. The first-order chi connectivity index (χ1) is 12.8. The molecule has 1 aromatic heterocycles. The Kier molecular flexibility index (Phi) is 4.93. The highest BCUT2D eigenvalue weighted by atomic mass is 16.5. The SMILES string of the molecule is Cc1cc(CN2CCCC2)ccc1Oc1ccc(-c2ccccc2)nn1. The third kappa shape index (κ3) is 3.92. The summed E-state index contributed by atoms with van der Waals surface area (Å²) in [7, 11) is 0. The lowest BCUT2D eigenvalue weighted by Crippen LogP contribution is -2.18. The van der Waals surface area contributed by atoms with Crippen LogP contribution >= 0.6 is 0 Å². The fourth-order valence-corrected chi connectivity index (χ4v) is 3.37. The van der Waals surface area contributed by atoms with E-state index >= 15 is 0 Å². The molecule has 0 bridgehead atoms. The van der Waals surface area contributed by atoms with Gasteiger partial charge in [0.1, 0.15) is 5.75 Å². The molecule has 0 radical (unpaired) electrons. The monoisotopic (exact) mass is 345 g/mol. The van der Waals surface area contributed by atoms with E-state index in [2.05, 4.69) is 34.2 Å². The maximum Gasteiger partial charge on any atom is 0.238 e. The number of ether oxygens (including phenoxy) is 1. The largest absolute Gasteiger partial charge is 0.437 e. The van der Waals surface area contributed by atoms with Crippen molar-refractivity contribution in [2.24, 2.45) is 0 Å². The lowest BCUT2D eigenvalue weighted by molar-refractivity contribution is 0.331. The fraction of sp³-hybridized carbons (Fsp3) is 0.273. The first-order valence-corrected chi connectivity index (χ1v) is 9.17. The maximum atomic E-state index is 5.94. The fourth-order valence-electron chi connectivity index (χ4n) is 3.37. The molecule has 1 saturated heterocycles. The zero-order valence-corrected chi connectivity index (χ0v) is 15.1. The molecule has 26 heavy (non-hydrogen) atoms. The van der Waals surface area contributed by atoms with E-state index in [1.807, 2.05) is 48.5 Å². The molecule has 0 unspecified atom stereocenters. The Morgan fingerprint density at radius 3 is 2.42 bits per heavy atom. The predicted molar refractivity (Wildman–Crippen MR) is 103 cm³/mol. The highest BCUT2D eigenvalue weighted by Gasteiger charge is 2.12. The molecule has 4 rings (SSSR count). The van der Waals surface area contributed by atoms with Crippen LogP contribution in [0.1, 0.15) is 24.0 Å². The molecule has 1 aliphatic rings. The van der Waals surface area contributed by atoms with E-state index in [9.17, 15) is 0 Å². The molecule has 0 aliphatic carbocycles. The molecule has 3 aromatic rings. The van der Waals surface area contributed by atoms with E-state index in [4.69, 9.17) is 4.74 Å². The van der Waals surface area contributed by atoms with Gasteiger partial charge in [-0.3, -0.25) is 4.90 Å². The number of hydrogen-bond acceptors (Lipinski definition) is 4. The van der Waals surface area contributed by atoms with E-state index < -0.39 is 0 Å². The van der Waals surface area contributed by atoms with E-state index in [1.165, 1.54) is 31.5 Å². The first kappa shape index (κ1) is 16.7. The van der Waals surface area contributed by atoms with Gasteiger partial charge in [0.25, 0.3) is 0 Å². The van der Waals surface area contributed by atoms with Crippen LogP contribution in [0.5, 0.6) is 11.6 Å². The van der Waals surface area contributed by atoms with Crippen LogP contribution in [0.15, 0.2) is 60.7 Å². The molecule has 0 saturated carbocycles. The Bertz CT molecular complexity index is 856. The van der Waals surface area contributed by atoms with Crippen LogP contribution in [0.25, 0.3) is 11.3 Å². The maximum absolute atomic E-state index is 5.94. The number of rotatable bonds is 5. The van der Waals surface area contributed by atoms with Crippen molar-refractivity contribution in [3.63, 3.8) is 0 Å². The lowest BCUT2D eigenvalue weighted by atomic mass is 10.1. The van der Waals surface area contributed by atoms with Gasteiger partial charge in [0, 0.05) is 18.2 Å². The molecule has 4 heteroatoms. The number of likely N-dealkylation sites (tertiary alicyclic amines) is 1. The van der Waals surface area contributed by atoms with Gasteiger partial charge in [-0.15, -0.1) is 10.2 Å². The zero-order valence-electron chi connectivity index (χ0n) is 15.1. The summed E-state index contributed by atoms with van der Waals surface area (Å²) in [5, 5.41) is 8.50. The summed E-state index contributed by atoms with van der Waals surface area (Å²) in [5.41, 5.74) is 4.35. The number of benzene rings is 2. The third-order valence-electron chi connectivity index (χ3n) is 4.77. The van der Waals surface area contributed by atoms with Gasteiger partial charge < -0.3 is 4.74 Å². The van der Waals surface area contributed by atoms with Crippen LogP contribution in [0.4, 0.5) is 0 Å². The topological polar surface area (TPSA) is 38.2 Å². The Hall–Kier alpha value is -2.72. The molecule has 0 N–H and O–H groups in total. The molecule has 4 nitrogen and oxygen atoms in total. The molecule has 0 amide bonds. The van der Waals surface area contributed by atoms with Crippen molar-refractivity contribution in [1.82, 2.24) is 15.1 Å². The minimum absolute atomic E-state index is 0.514. The van der Waals surface area contributed by atoms with Crippen LogP contribution in [-0.2, 0) is 6.54 Å². The van der Waals surface area contributed by atoms with Crippen molar-refractivity contribution >= 4 is 0 Å². The van der Waals surface area contributed by atoms with Crippen LogP contribution in [0, 0.1) is 6.92 Å².